The molecule has 2 heteroatoms. The molecule has 0 aromatic heterocycles. The molecule has 2 N–H and O–H groups in total. The molecule has 0 radical (unpaired) electrons. The SMILES string of the molecule is CC1(C)[C@H]2C[C@H](O)[C@@](C)(O)[C@H]1C2. The molecule has 3 rings (SSSR count). The molecule has 3 fully saturated rings. The van der Waals surface area contributed by atoms with Gasteiger partial charge in [0.1, 0.15) is 0 Å². The minimum absolute atomic E-state index is 0.239. The zero-order valence-corrected chi connectivity index (χ0v) is 8.04. The van der Waals surface area contributed by atoms with Crippen LogP contribution in [0, 0.1) is 17.3 Å². The van der Waals surface area contributed by atoms with Crippen molar-refractivity contribution < 1.29 is 10.2 Å². The second-order valence-electron chi connectivity index (χ2n) is 5.28. The van der Waals surface area contributed by atoms with E-state index in [9.17, 15) is 10.2 Å². The molecule has 2 bridgehead atoms. The lowest BCUT2D eigenvalue weighted by Crippen LogP contribution is -2.66. The molecule has 3 aliphatic carbocycles. The molecule has 0 amide bonds. The number of rotatable bonds is 0. The Labute approximate surface area is 73.6 Å². The molecule has 0 aliphatic heterocycles. The van der Waals surface area contributed by atoms with Crippen LogP contribution in [0.2, 0.25) is 0 Å². The fourth-order valence-corrected chi connectivity index (χ4v) is 3.15. The number of aliphatic hydroxyl groups excluding tert-OH is 1. The van der Waals surface area contributed by atoms with Gasteiger partial charge in [-0.25, -0.2) is 0 Å². The van der Waals surface area contributed by atoms with Crippen molar-refractivity contribution in [3.63, 3.8) is 0 Å². The fourth-order valence-electron chi connectivity index (χ4n) is 3.15. The molecule has 70 valence electrons. The second kappa shape index (κ2) is 2.05. The van der Waals surface area contributed by atoms with E-state index in [1.54, 1.807) is 6.92 Å². The molecule has 2 nitrogen and oxygen atoms in total. The minimum atomic E-state index is -0.849. The molecule has 0 saturated heterocycles. The predicted molar refractivity (Wildman–Crippen MR) is 46.6 cm³/mol. The molecule has 0 unspecified atom stereocenters. The first-order valence-electron chi connectivity index (χ1n) is 4.77. The Hall–Kier alpha value is -0.0800. The minimum Gasteiger partial charge on any atom is -0.390 e. The Kier molecular flexibility index (Phi) is 1.45. The summed E-state index contributed by atoms with van der Waals surface area (Å²) >= 11 is 0. The average Bonchev–Trinajstić information content (AvgIpc) is 1.93. The van der Waals surface area contributed by atoms with Gasteiger partial charge in [-0.3, -0.25) is 0 Å². The molecule has 3 aliphatic rings. The topological polar surface area (TPSA) is 40.5 Å². The first kappa shape index (κ1) is 8.52. The third-order valence-corrected chi connectivity index (χ3v) is 4.36. The van der Waals surface area contributed by atoms with Crippen molar-refractivity contribution >= 4 is 0 Å². The Morgan fingerprint density at radius 1 is 1.17 bits per heavy atom. The Balaban J connectivity index is 2.27. The van der Waals surface area contributed by atoms with Crippen molar-refractivity contribution in [2.24, 2.45) is 17.3 Å². The van der Waals surface area contributed by atoms with Crippen LogP contribution in [0.5, 0.6) is 0 Å². The predicted octanol–water partition coefficient (Wildman–Crippen LogP) is 1.16. The fraction of sp³-hybridized carbons (Fsp3) is 1.00. The lowest BCUT2D eigenvalue weighted by atomic mass is 9.43. The maximum atomic E-state index is 10.0. The Morgan fingerprint density at radius 3 is 2.08 bits per heavy atom. The van der Waals surface area contributed by atoms with Gasteiger partial charge in [-0.1, -0.05) is 13.8 Å². The van der Waals surface area contributed by atoms with E-state index in [1.165, 1.54) is 0 Å². The first-order chi connectivity index (χ1) is 5.37. The number of aliphatic hydroxyl groups is 2. The maximum Gasteiger partial charge on any atom is 0.0910 e. The number of fused-ring (bicyclic) bond motifs is 2. The van der Waals surface area contributed by atoms with Crippen LogP contribution in [-0.4, -0.2) is 21.9 Å². The molecule has 0 aromatic carbocycles. The molecule has 3 saturated carbocycles. The lowest BCUT2D eigenvalue weighted by Gasteiger charge is -2.64. The average molecular weight is 170 g/mol. The van der Waals surface area contributed by atoms with Crippen molar-refractivity contribution in [3.8, 4) is 0 Å². The molecule has 12 heavy (non-hydrogen) atoms. The third kappa shape index (κ3) is 0.775. The van der Waals surface area contributed by atoms with Crippen molar-refractivity contribution in [3.05, 3.63) is 0 Å². The molecular formula is C10H18O2. The van der Waals surface area contributed by atoms with E-state index in [-0.39, 0.29) is 5.41 Å². The first-order valence-corrected chi connectivity index (χ1v) is 4.77. The van der Waals surface area contributed by atoms with Crippen molar-refractivity contribution in [1.29, 1.82) is 0 Å². The summed E-state index contributed by atoms with van der Waals surface area (Å²) in [6.45, 7) is 6.18. The van der Waals surface area contributed by atoms with Gasteiger partial charge in [0.2, 0.25) is 0 Å². The molecule has 4 atom stereocenters. The van der Waals surface area contributed by atoms with Gasteiger partial charge in [0.05, 0.1) is 11.7 Å². The standard InChI is InChI=1S/C10H18O2/c1-9(2)6-4-7(9)10(3,12)8(11)5-6/h6-8,11-12H,4-5H2,1-3H3/t6-,7+,8+,10+/m1/s1. The van der Waals surface area contributed by atoms with Crippen LogP contribution < -0.4 is 0 Å². The van der Waals surface area contributed by atoms with Crippen LogP contribution in [-0.2, 0) is 0 Å². The van der Waals surface area contributed by atoms with Gasteiger partial charge in [0.25, 0.3) is 0 Å². The van der Waals surface area contributed by atoms with Crippen LogP contribution >= 0.6 is 0 Å². The van der Waals surface area contributed by atoms with Crippen LogP contribution in [0.1, 0.15) is 33.6 Å². The zero-order valence-electron chi connectivity index (χ0n) is 8.04. The largest absolute Gasteiger partial charge is 0.390 e. The highest BCUT2D eigenvalue weighted by Crippen LogP contribution is 2.62. The van der Waals surface area contributed by atoms with Gasteiger partial charge in [-0.2, -0.15) is 0 Å². The summed E-state index contributed by atoms with van der Waals surface area (Å²) in [5.41, 5.74) is -0.610. The highest BCUT2D eigenvalue weighted by Gasteiger charge is 2.62. The highest BCUT2D eigenvalue weighted by molar-refractivity contribution is 5.12. The van der Waals surface area contributed by atoms with E-state index in [0.717, 1.165) is 12.8 Å². The maximum absolute atomic E-state index is 10.0. The summed E-state index contributed by atoms with van der Waals surface area (Å²) < 4.78 is 0. The molecular weight excluding hydrogens is 152 g/mol. The van der Waals surface area contributed by atoms with Gasteiger partial charge >= 0.3 is 0 Å². The number of hydrogen-bond acceptors (Lipinski definition) is 2. The normalized spacial score (nSPS) is 56.2. The van der Waals surface area contributed by atoms with Crippen LogP contribution in [0.15, 0.2) is 0 Å². The Morgan fingerprint density at radius 2 is 1.75 bits per heavy atom. The number of hydrogen-bond donors (Lipinski definition) is 2. The Bertz CT molecular complexity index is 208. The molecule has 0 spiro atoms. The smallest absolute Gasteiger partial charge is 0.0910 e. The van der Waals surface area contributed by atoms with Gasteiger partial charge in [0.15, 0.2) is 0 Å². The van der Waals surface area contributed by atoms with Crippen molar-refractivity contribution in [2.45, 2.75) is 45.3 Å². The van der Waals surface area contributed by atoms with Crippen LogP contribution in [0.4, 0.5) is 0 Å². The van der Waals surface area contributed by atoms with E-state index in [2.05, 4.69) is 13.8 Å². The lowest BCUT2D eigenvalue weighted by molar-refractivity contribution is -0.245. The summed E-state index contributed by atoms with van der Waals surface area (Å²) in [7, 11) is 0. The van der Waals surface area contributed by atoms with E-state index in [4.69, 9.17) is 0 Å². The van der Waals surface area contributed by atoms with E-state index >= 15 is 0 Å². The molecule has 0 heterocycles. The summed E-state index contributed by atoms with van der Waals surface area (Å²) in [5.74, 6) is 0.913. The van der Waals surface area contributed by atoms with Gasteiger partial charge in [0, 0.05) is 0 Å². The van der Waals surface area contributed by atoms with Crippen molar-refractivity contribution in [2.75, 3.05) is 0 Å². The third-order valence-electron chi connectivity index (χ3n) is 4.36. The van der Waals surface area contributed by atoms with Gasteiger partial charge in [-0.05, 0) is 37.0 Å². The van der Waals surface area contributed by atoms with Crippen LogP contribution in [0.3, 0.4) is 0 Å². The molecule has 0 aromatic rings. The second-order valence-corrected chi connectivity index (χ2v) is 5.28. The quantitative estimate of drug-likeness (QED) is 0.573. The van der Waals surface area contributed by atoms with E-state index < -0.39 is 11.7 Å². The van der Waals surface area contributed by atoms with Crippen LogP contribution in [0.25, 0.3) is 0 Å². The van der Waals surface area contributed by atoms with E-state index in [0.29, 0.717) is 11.8 Å². The zero-order chi connectivity index (χ0) is 9.15. The van der Waals surface area contributed by atoms with Gasteiger partial charge < -0.3 is 10.2 Å². The monoisotopic (exact) mass is 170 g/mol. The summed E-state index contributed by atoms with van der Waals surface area (Å²) in [4.78, 5) is 0. The van der Waals surface area contributed by atoms with Gasteiger partial charge in [-0.15, -0.1) is 0 Å². The summed E-state index contributed by atoms with van der Waals surface area (Å²) in [6.07, 6.45) is 1.36. The summed E-state index contributed by atoms with van der Waals surface area (Å²) in [5, 5.41) is 19.7. The highest BCUT2D eigenvalue weighted by atomic mass is 16.3. The van der Waals surface area contributed by atoms with Crippen molar-refractivity contribution in [1.82, 2.24) is 0 Å². The summed E-state index contributed by atoms with van der Waals surface area (Å²) in [6, 6.07) is 0. The van der Waals surface area contributed by atoms with E-state index in [1.807, 2.05) is 0 Å².